The number of aromatic nitrogens is 2. The van der Waals surface area contributed by atoms with Crippen LogP contribution in [0.25, 0.3) is 11.1 Å². The van der Waals surface area contributed by atoms with Crippen molar-refractivity contribution < 1.29 is 9.21 Å². The molecule has 2 aromatic heterocycles. The van der Waals surface area contributed by atoms with Crippen LogP contribution in [0.2, 0.25) is 0 Å². The van der Waals surface area contributed by atoms with Gasteiger partial charge in [0, 0.05) is 24.4 Å². The first-order valence-electron chi connectivity index (χ1n) is 7.76. The Balaban J connectivity index is 1.48. The fourth-order valence-corrected chi connectivity index (χ4v) is 3.61. The van der Waals surface area contributed by atoms with Crippen LogP contribution in [-0.2, 0) is 0 Å². The fraction of sp³-hybridized carbons (Fsp3) is 0.353. The summed E-state index contributed by atoms with van der Waals surface area (Å²) in [5.74, 6) is 1.11. The van der Waals surface area contributed by atoms with Gasteiger partial charge in [-0.05, 0) is 31.4 Å². The standard InChI is InChI=1S/C17H17N3O2S/c1-11-3-2-4-13-15(11)22-16(19-13)12-5-7-20(8-6-12)17(21)14-9-23-10-18-14/h2-4,9-10,12H,5-8H2,1H3. The molecule has 3 aromatic rings. The molecule has 23 heavy (non-hydrogen) atoms. The quantitative estimate of drug-likeness (QED) is 0.721. The van der Waals surface area contributed by atoms with Crippen LogP contribution in [0.5, 0.6) is 0 Å². The predicted molar refractivity (Wildman–Crippen MR) is 88.7 cm³/mol. The highest BCUT2D eigenvalue weighted by atomic mass is 32.1. The van der Waals surface area contributed by atoms with E-state index in [-0.39, 0.29) is 11.8 Å². The fourth-order valence-electron chi connectivity index (χ4n) is 3.09. The molecule has 6 heteroatoms. The SMILES string of the molecule is Cc1cccc2nc(C3CCN(C(=O)c4cscn4)CC3)oc12. The Morgan fingerprint density at radius 3 is 2.87 bits per heavy atom. The van der Waals surface area contributed by atoms with E-state index in [1.807, 2.05) is 30.0 Å². The summed E-state index contributed by atoms with van der Waals surface area (Å²) in [7, 11) is 0. The van der Waals surface area contributed by atoms with Crippen molar-refractivity contribution in [3.05, 3.63) is 46.2 Å². The van der Waals surface area contributed by atoms with E-state index in [1.165, 1.54) is 11.3 Å². The van der Waals surface area contributed by atoms with Crippen LogP contribution in [-0.4, -0.2) is 33.9 Å². The summed E-state index contributed by atoms with van der Waals surface area (Å²) in [6.45, 7) is 3.48. The molecule has 0 N–H and O–H groups in total. The minimum Gasteiger partial charge on any atom is -0.440 e. The molecule has 0 aliphatic carbocycles. The van der Waals surface area contributed by atoms with Gasteiger partial charge in [-0.25, -0.2) is 9.97 Å². The van der Waals surface area contributed by atoms with Gasteiger partial charge in [-0.3, -0.25) is 4.79 Å². The molecule has 1 saturated heterocycles. The molecule has 1 amide bonds. The molecule has 1 aromatic carbocycles. The number of hydrogen-bond acceptors (Lipinski definition) is 5. The van der Waals surface area contributed by atoms with Gasteiger partial charge in [0.2, 0.25) is 0 Å². The van der Waals surface area contributed by atoms with Crippen LogP contribution in [0.15, 0.2) is 33.5 Å². The van der Waals surface area contributed by atoms with E-state index in [2.05, 4.69) is 9.97 Å². The summed E-state index contributed by atoms with van der Waals surface area (Å²) in [5.41, 5.74) is 5.15. The van der Waals surface area contributed by atoms with Crippen LogP contribution < -0.4 is 0 Å². The number of para-hydroxylation sites is 1. The number of rotatable bonds is 2. The molecule has 1 fully saturated rings. The molecule has 1 aliphatic heterocycles. The minimum absolute atomic E-state index is 0.0260. The average molecular weight is 327 g/mol. The number of aryl methyl sites for hydroxylation is 1. The van der Waals surface area contributed by atoms with E-state index < -0.39 is 0 Å². The number of nitrogens with zero attached hydrogens (tertiary/aromatic N) is 3. The predicted octanol–water partition coefficient (Wildman–Crippen LogP) is 3.61. The molecule has 0 atom stereocenters. The second kappa shape index (κ2) is 5.77. The van der Waals surface area contributed by atoms with Gasteiger partial charge in [-0.1, -0.05) is 12.1 Å². The van der Waals surface area contributed by atoms with E-state index in [0.717, 1.165) is 48.5 Å². The summed E-state index contributed by atoms with van der Waals surface area (Å²) < 4.78 is 5.98. The number of oxazole rings is 1. The van der Waals surface area contributed by atoms with Crippen molar-refractivity contribution >= 4 is 28.3 Å². The third-order valence-corrected chi connectivity index (χ3v) is 5.00. The summed E-state index contributed by atoms with van der Waals surface area (Å²) >= 11 is 1.45. The molecular weight excluding hydrogens is 310 g/mol. The number of amides is 1. The van der Waals surface area contributed by atoms with E-state index in [1.54, 1.807) is 10.9 Å². The molecule has 4 rings (SSSR count). The number of fused-ring (bicyclic) bond motifs is 1. The van der Waals surface area contributed by atoms with E-state index in [9.17, 15) is 4.79 Å². The lowest BCUT2D eigenvalue weighted by Crippen LogP contribution is -2.38. The van der Waals surface area contributed by atoms with Gasteiger partial charge in [-0.15, -0.1) is 11.3 Å². The van der Waals surface area contributed by atoms with Gasteiger partial charge in [0.1, 0.15) is 11.2 Å². The van der Waals surface area contributed by atoms with Crippen molar-refractivity contribution in [1.82, 2.24) is 14.9 Å². The molecular formula is C17H17N3O2S. The molecule has 0 unspecified atom stereocenters. The smallest absolute Gasteiger partial charge is 0.273 e. The normalized spacial score (nSPS) is 16.1. The number of carbonyl (C=O) groups is 1. The first kappa shape index (κ1) is 14.4. The van der Waals surface area contributed by atoms with Crippen LogP contribution in [0, 0.1) is 6.92 Å². The Morgan fingerprint density at radius 2 is 2.17 bits per heavy atom. The zero-order valence-corrected chi connectivity index (χ0v) is 13.7. The molecule has 118 valence electrons. The third kappa shape index (κ3) is 2.63. The van der Waals surface area contributed by atoms with Gasteiger partial charge in [0.15, 0.2) is 11.5 Å². The van der Waals surface area contributed by atoms with E-state index in [0.29, 0.717) is 5.69 Å². The number of hydrogen-bond donors (Lipinski definition) is 0. The Hall–Kier alpha value is -2.21. The maximum Gasteiger partial charge on any atom is 0.273 e. The van der Waals surface area contributed by atoms with Crippen molar-refractivity contribution in [1.29, 1.82) is 0 Å². The summed E-state index contributed by atoms with van der Waals surface area (Å²) in [6, 6.07) is 6.02. The maximum atomic E-state index is 12.3. The van der Waals surface area contributed by atoms with Gasteiger partial charge in [0.05, 0.1) is 5.51 Å². The Labute approximate surface area is 138 Å². The number of carbonyl (C=O) groups excluding carboxylic acids is 1. The van der Waals surface area contributed by atoms with Gasteiger partial charge in [-0.2, -0.15) is 0 Å². The molecule has 0 bridgehead atoms. The monoisotopic (exact) mass is 327 g/mol. The molecule has 3 heterocycles. The Morgan fingerprint density at radius 1 is 1.35 bits per heavy atom. The number of thiazole rings is 1. The molecule has 1 aliphatic rings. The summed E-state index contributed by atoms with van der Waals surface area (Å²) in [5, 5.41) is 1.80. The zero-order valence-electron chi connectivity index (χ0n) is 12.9. The van der Waals surface area contributed by atoms with Gasteiger partial charge >= 0.3 is 0 Å². The molecule has 0 radical (unpaired) electrons. The van der Waals surface area contributed by atoms with Gasteiger partial charge < -0.3 is 9.32 Å². The maximum absolute atomic E-state index is 12.3. The van der Waals surface area contributed by atoms with Crippen LogP contribution >= 0.6 is 11.3 Å². The van der Waals surface area contributed by atoms with Crippen LogP contribution in [0.4, 0.5) is 0 Å². The Bertz CT molecular complexity index is 833. The summed E-state index contributed by atoms with van der Waals surface area (Å²) in [4.78, 5) is 22.9. The lowest BCUT2D eigenvalue weighted by atomic mass is 9.96. The first-order chi connectivity index (χ1) is 11.2. The van der Waals surface area contributed by atoms with Crippen molar-refractivity contribution in [2.45, 2.75) is 25.7 Å². The first-order valence-corrected chi connectivity index (χ1v) is 8.70. The number of benzene rings is 1. The lowest BCUT2D eigenvalue weighted by molar-refractivity contribution is 0.0701. The number of piperidine rings is 1. The minimum atomic E-state index is 0.0260. The lowest BCUT2D eigenvalue weighted by Gasteiger charge is -2.30. The van der Waals surface area contributed by atoms with Crippen molar-refractivity contribution in [3.63, 3.8) is 0 Å². The Kier molecular flexibility index (Phi) is 3.61. The molecule has 5 nitrogen and oxygen atoms in total. The molecule has 0 saturated carbocycles. The number of likely N-dealkylation sites (tertiary alicyclic amines) is 1. The largest absolute Gasteiger partial charge is 0.440 e. The highest BCUT2D eigenvalue weighted by Crippen LogP contribution is 2.31. The average Bonchev–Trinajstić information content (AvgIpc) is 3.24. The van der Waals surface area contributed by atoms with Crippen molar-refractivity contribution in [2.24, 2.45) is 0 Å². The van der Waals surface area contributed by atoms with Gasteiger partial charge in [0.25, 0.3) is 5.91 Å². The molecule has 0 spiro atoms. The van der Waals surface area contributed by atoms with E-state index >= 15 is 0 Å². The second-order valence-corrected chi connectivity index (χ2v) is 6.63. The zero-order chi connectivity index (χ0) is 15.8. The van der Waals surface area contributed by atoms with Crippen LogP contribution in [0.3, 0.4) is 0 Å². The van der Waals surface area contributed by atoms with Crippen molar-refractivity contribution in [2.75, 3.05) is 13.1 Å². The summed E-state index contributed by atoms with van der Waals surface area (Å²) in [6.07, 6.45) is 1.75. The highest BCUT2D eigenvalue weighted by molar-refractivity contribution is 7.07. The second-order valence-electron chi connectivity index (χ2n) is 5.92. The highest BCUT2D eigenvalue weighted by Gasteiger charge is 2.28. The third-order valence-electron chi connectivity index (χ3n) is 4.41. The van der Waals surface area contributed by atoms with E-state index in [4.69, 9.17) is 4.42 Å². The van der Waals surface area contributed by atoms with Crippen molar-refractivity contribution in [3.8, 4) is 0 Å². The van der Waals surface area contributed by atoms with Crippen LogP contribution in [0.1, 0.15) is 40.7 Å². The topological polar surface area (TPSA) is 59.2 Å².